The molecule has 0 aromatic heterocycles. The number of aliphatic carboxylic acids is 1. The third-order valence-electron chi connectivity index (χ3n) is 6.22. The van der Waals surface area contributed by atoms with E-state index in [9.17, 15) is 14.7 Å². The van der Waals surface area contributed by atoms with Gasteiger partial charge in [-0.1, -0.05) is 32.4 Å². The van der Waals surface area contributed by atoms with E-state index in [0.717, 1.165) is 28.9 Å². The predicted molar refractivity (Wildman–Crippen MR) is 122 cm³/mol. The Kier molecular flexibility index (Phi) is 7.53. The molecule has 2 rings (SSSR count). The maximum absolute atomic E-state index is 13.0. The molecule has 1 aliphatic rings. The van der Waals surface area contributed by atoms with E-state index in [0.29, 0.717) is 23.5 Å². The average Bonchev–Trinajstić information content (AvgIpc) is 2.68. The second kappa shape index (κ2) is 9.54. The van der Waals surface area contributed by atoms with Crippen LogP contribution < -0.4 is 4.74 Å². The number of ketones is 1. The molecule has 0 heterocycles. The molecular weight excluding hydrogens is 392 g/mol. The number of carboxylic acid groups (broad SMARTS) is 1. The molecule has 168 valence electrons. The van der Waals surface area contributed by atoms with Crippen LogP contribution in [-0.2, 0) is 9.53 Å². The molecule has 1 aliphatic carbocycles. The van der Waals surface area contributed by atoms with Crippen molar-refractivity contribution in [2.75, 3.05) is 13.7 Å². The van der Waals surface area contributed by atoms with E-state index in [4.69, 9.17) is 9.47 Å². The number of rotatable bonds is 8. The van der Waals surface area contributed by atoms with Gasteiger partial charge in [-0.05, 0) is 68.9 Å². The van der Waals surface area contributed by atoms with Crippen molar-refractivity contribution in [2.24, 2.45) is 11.3 Å². The first-order valence-corrected chi connectivity index (χ1v) is 10.6. The van der Waals surface area contributed by atoms with E-state index >= 15 is 0 Å². The Balaban J connectivity index is 2.40. The molecule has 1 atom stereocenters. The Morgan fingerprint density at radius 3 is 2.19 bits per heavy atom. The highest BCUT2D eigenvalue weighted by Gasteiger charge is 2.41. The van der Waals surface area contributed by atoms with Crippen LogP contribution in [0, 0.1) is 25.2 Å². The summed E-state index contributed by atoms with van der Waals surface area (Å²) in [7, 11) is 1.54. The first kappa shape index (κ1) is 24.4. The highest BCUT2D eigenvalue weighted by Crippen LogP contribution is 2.48. The lowest BCUT2D eigenvalue weighted by Gasteiger charge is -2.40. The number of carbonyl (C=O) groups is 2. The van der Waals surface area contributed by atoms with Gasteiger partial charge in [-0.3, -0.25) is 4.79 Å². The van der Waals surface area contributed by atoms with E-state index in [1.165, 1.54) is 0 Å². The number of hydrogen-bond donors (Lipinski definition) is 1. The van der Waals surface area contributed by atoms with Gasteiger partial charge in [0.15, 0.2) is 5.78 Å². The van der Waals surface area contributed by atoms with Crippen molar-refractivity contribution >= 4 is 11.8 Å². The summed E-state index contributed by atoms with van der Waals surface area (Å²) in [6, 6.07) is 3.70. The van der Waals surface area contributed by atoms with Crippen LogP contribution in [0.15, 0.2) is 46.8 Å². The minimum Gasteiger partial charge on any atom is -0.500 e. The Hall–Kier alpha value is -2.82. The van der Waals surface area contributed by atoms with Gasteiger partial charge in [-0.25, -0.2) is 4.79 Å². The molecule has 0 amide bonds. The van der Waals surface area contributed by atoms with Crippen LogP contribution in [0.2, 0.25) is 0 Å². The zero-order chi connectivity index (χ0) is 23.5. The molecule has 5 nitrogen and oxygen atoms in total. The van der Waals surface area contributed by atoms with Crippen LogP contribution in [0.4, 0.5) is 0 Å². The molecule has 0 radical (unpaired) electrons. The molecule has 0 spiro atoms. The highest BCUT2D eigenvalue weighted by atomic mass is 16.5. The van der Waals surface area contributed by atoms with Crippen molar-refractivity contribution in [3.63, 3.8) is 0 Å². The summed E-state index contributed by atoms with van der Waals surface area (Å²) in [5, 5.41) is 9.68. The van der Waals surface area contributed by atoms with E-state index in [1.54, 1.807) is 20.1 Å². The summed E-state index contributed by atoms with van der Waals surface area (Å²) >= 11 is 0. The molecule has 0 bridgehead atoms. The van der Waals surface area contributed by atoms with Gasteiger partial charge in [-0.15, -0.1) is 0 Å². The number of ether oxygens (including phenoxy) is 2. The van der Waals surface area contributed by atoms with Crippen molar-refractivity contribution in [3.8, 4) is 5.75 Å². The van der Waals surface area contributed by atoms with Crippen LogP contribution in [0.1, 0.15) is 62.5 Å². The normalized spacial score (nSPS) is 18.5. The number of carbonyl (C=O) groups excluding carboxylic acids is 1. The zero-order valence-corrected chi connectivity index (χ0v) is 19.9. The summed E-state index contributed by atoms with van der Waals surface area (Å²) in [6.07, 6.45) is 4.32. The summed E-state index contributed by atoms with van der Waals surface area (Å²) in [5.74, 6) is 0.0832. The maximum atomic E-state index is 13.0. The third-order valence-corrected chi connectivity index (χ3v) is 6.22. The van der Waals surface area contributed by atoms with Crippen LogP contribution >= 0.6 is 0 Å². The van der Waals surface area contributed by atoms with Gasteiger partial charge in [0.25, 0.3) is 0 Å². The fourth-order valence-electron chi connectivity index (χ4n) is 4.25. The van der Waals surface area contributed by atoms with Gasteiger partial charge in [0.2, 0.25) is 0 Å². The predicted octanol–water partition coefficient (Wildman–Crippen LogP) is 5.81. The quantitative estimate of drug-likeness (QED) is 0.419. The lowest BCUT2D eigenvalue weighted by atomic mass is 9.66. The van der Waals surface area contributed by atoms with Crippen molar-refractivity contribution in [1.29, 1.82) is 0 Å². The Morgan fingerprint density at radius 2 is 1.71 bits per heavy atom. The first-order valence-electron chi connectivity index (χ1n) is 10.6. The molecule has 0 aliphatic heterocycles. The molecule has 5 heteroatoms. The number of benzene rings is 1. The molecule has 0 fully saturated rings. The largest absolute Gasteiger partial charge is 0.500 e. The smallest absolute Gasteiger partial charge is 0.336 e. The van der Waals surface area contributed by atoms with E-state index < -0.39 is 11.4 Å². The third kappa shape index (κ3) is 4.76. The van der Waals surface area contributed by atoms with Crippen LogP contribution in [0.25, 0.3) is 0 Å². The molecule has 1 N–H and O–H groups in total. The van der Waals surface area contributed by atoms with Gasteiger partial charge in [-0.2, -0.15) is 0 Å². The number of methoxy groups -OCH3 is 1. The number of hydrogen-bond acceptors (Lipinski definition) is 4. The summed E-state index contributed by atoms with van der Waals surface area (Å²) in [6.45, 7) is 14.1. The zero-order valence-electron chi connectivity index (χ0n) is 19.9. The van der Waals surface area contributed by atoms with Gasteiger partial charge >= 0.3 is 5.97 Å². The fourth-order valence-corrected chi connectivity index (χ4v) is 4.25. The summed E-state index contributed by atoms with van der Waals surface area (Å²) < 4.78 is 11.4. The maximum Gasteiger partial charge on any atom is 0.336 e. The van der Waals surface area contributed by atoms with Crippen molar-refractivity contribution < 1.29 is 24.2 Å². The topological polar surface area (TPSA) is 72.8 Å². The standard InChI is InChI=1S/C26H34O5/c1-9-12-31-23-15(2)13-19(14-16(23)3)21(27)11-10-20-24(30-8)17(4)22(25(28)29)18(5)26(20,6)7/h10-11,13-14,20H,9,12H2,1-8H3,(H,28,29). The minimum absolute atomic E-state index is 0.109. The number of allylic oxidation sites excluding steroid dienone is 3. The summed E-state index contributed by atoms with van der Waals surface area (Å²) in [5.41, 5.74) is 3.60. The molecule has 0 saturated carbocycles. The van der Waals surface area contributed by atoms with E-state index in [1.807, 2.05) is 52.8 Å². The monoisotopic (exact) mass is 426 g/mol. The second-order valence-corrected chi connectivity index (χ2v) is 8.71. The van der Waals surface area contributed by atoms with Crippen molar-refractivity contribution in [3.05, 3.63) is 63.5 Å². The van der Waals surface area contributed by atoms with Crippen LogP contribution in [0.5, 0.6) is 5.75 Å². The lowest BCUT2D eigenvalue weighted by molar-refractivity contribution is -0.132. The molecule has 31 heavy (non-hydrogen) atoms. The molecule has 1 unspecified atom stereocenters. The Bertz CT molecular complexity index is 953. The van der Waals surface area contributed by atoms with Gasteiger partial charge in [0.05, 0.1) is 19.3 Å². The highest BCUT2D eigenvalue weighted by molar-refractivity contribution is 6.05. The SMILES string of the molecule is CCCOc1c(C)cc(C(=O)C=CC2C(OC)=C(C)C(C(=O)O)=C(C)C2(C)C)cc1C. The molecule has 0 saturated heterocycles. The summed E-state index contributed by atoms with van der Waals surface area (Å²) in [4.78, 5) is 24.8. The van der Waals surface area contributed by atoms with E-state index in [-0.39, 0.29) is 17.3 Å². The Labute approximate surface area is 185 Å². The van der Waals surface area contributed by atoms with E-state index in [2.05, 4.69) is 6.92 Å². The van der Waals surface area contributed by atoms with Gasteiger partial charge < -0.3 is 14.6 Å². The van der Waals surface area contributed by atoms with Gasteiger partial charge in [0.1, 0.15) is 11.5 Å². The Morgan fingerprint density at radius 1 is 1.13 bits per heavy atom. The van der Waals surface area contributed by atoms with Gasteiger partial charge in [0, 0.05) is 17.1 Å². The number of carboxylic acids is 1. The molecule has 1 aromatic rings. The molecular formula is C26H34O5. The number of aryl methyl sites for hydroxylation is 2. The second-order valence-electron chi connectivity index (χ2n) is 8.71. The van der Waals surface area contributed by atoms with Crippen LogP contribution in [-0.4, -0.2) is 30.6 Å². The minimum atomic E-state index is -0.965. The average molecular weight is 427 g/mol. The lowest BCUT2D eigenvalue weighted by Crippen LogP contribution is -2.33. The molecule has 1 aromatic carbocycles. The van der Waals surface area contributed by atoms with Crippen molar-refractivity contribution in [1.82, 2.24) is 0 Å². The fraction of sp³-hybridized carbons (Fsp3) is 0.462. The first-order chi connectivity index (χ1) is 14.5. The van der Waals surface area contributed by atoms with Crippen LogP contribution in [0.3, 0.4) is 0 Å². The van der Waals surface area contributed by atoms with Crippen molar-refractivity contribution in [2.45, 2.75) is 54.9 Å².